The predicted octanol–water partition coefficient (Wildman–Crippen LogP) is 2.30. The van der Waals surface area contributed by atoms with Crippen LogP contribution in [0.3, 0.4) is 0 Å². The summed E-state index contributed by atoms with van der Waals surface area (Å²) in [5.41, 5.74) is 1.20. The van der Waals surface area contributed by atoms with E-state index in [0.29, 0.717) is 0 Å². The molecule has 1 N–H and O–H groups in total. The number of anilines is 1. The first-order chi connectivity index (χ1) is 8.19. The van der Waals surface area contributed by atoms with Crippen molar-refractivity contribution < 1.29 is 0 Å². The van der Waals surface area contributed by atoms with Crippen molar-refractivity contribution in [3.05, 3.63) is 40.7 Å². The van der Waals surface area contributed by atoms with Gasteiger partial charge in [0.1, 0.15) is 0 Å². The van der Waals surface area contributed by atoms with Crippen LogP contribution in [0, 0.1) is 0 Å². The summed E-state index contributed by atoms with van der Waals surface area (Å²) in [5, 5.41) is 8.09. The van der Waals surface area contributed by atoms with E-state index in [-0.39, 0.29) is 0 Å². The molecule has 90 valence electrons. The molecule has 1 aromatic heterocycles. The van der Waals surface area contributed by atoms with Crippen molar-refractivity contribution in [2.45, 2.75) is 12.8 Å². The fourth-order valence-electron chi connectivity index (χ4n) is 1.71. The molecule has 0 atom stereocenters. The van der Waals surface area contributed by atoms with Crippen LogP contribution in [-0.4, -0.2) is 21.8 Å². The van der Waals surface area contributed by atoms with Gasteiger partial charge in [-0.05, 0) is 24.1 Å². The zero-order chi connectivity index (χ0) is 12.3. The number of hydrogen-bond acceptors (Lipinski definition) is 3. The van der Waals surface area contributed by atoms with Crippen LogP contribution in [0.15, 0.2) is 24.3 Å². The van der Waals surface area contributed by atoms with Crippen LogP contribution in [0.25, 0.3) is 0 Å². The van der Waals surface area contributed by atoms with Gasteiger partial charge >= 0.3 is 0 Å². The molecule has 0 aliphatic heterocycles. The van der Waals surface area contributed by atoms with E-state index in [4.69, 9.17) is 11.6 Å². The molecule has 0 fully saturated rings. The smallest absolute Gasteiger partial charge is 0.220 e. The Kier molecular flexibility index (Phi) is 3.64. The standard InChI is InChI=1S/C12H15ClN4/c1-14-12-15-11(16-17(12)2)7-6-9-4-3-5-10(13)8-9/h3-5,8H,6-7H2,1-2H3,(H,14,15,16). The van der Waals surface area contributed by atoms with Crippen LogP contribution in [-0.2, 0) is 19.9 Å². The van der Waals surface area contributed by atoms with Crippen LogP contribution in [0.4, 0.5) is 5.95 Å². The van der Waals surface area contributed by atoms with E-state index in [9.17, 15) is 0 Å². The molecule has 0 amide bonds. The molecule has 0 spiro atoms. The number of nitrogens with zero attached hydrogens (tertiary/aromatic N) is 3. The molecule has 0 saturated heterocycles. The minimum absolute atomic E-state index is 0.771. The van der Waals surface area contributed by atoms with Crippen LogP contribution in [0.5, 0.6) is 0 Å². The lowest BCUT2D eigenvalue weighted by Crippen LogP contribution is -1.99. The third-order valence-corrected chi connectivity index (χ3v) is 2.79. The Balaban J connectivity index is 2.02. The van der Waals surface area contributed by atoms with Gasteiger partial charge in [-0.3, -0.25) is 0 Å². The molecule has 0 bridgehead atoms. The average Bonchev–Trinajstić information content (AvgIpc) is 2.67. The summed E-state index contributed by atoms with van der Waals surface area (Å²) in [7, 11) is 3.71. The summed E-state index contributed by atoms with van der Waals surface area (Å²) >= 11 is 5.93. The molecule has 4 nitrogen and oxygen atoms in total. The van der Waals surface area contributed by atoms with E-state index in [0.717, 1.165) is 29.6 Å². The van der Waals surface area contributed by atoms with Crippen molar-refractivity contribution in [1.82, 2.24) is 14.8 Å². The molecule has 17 heavy (non-hydrogen) atoms. The molecule has 1 aromatic carbocycles. The number of halogens is 1. The zero-order valence-electron chi connectivity index (χ0n) is 9.94. The van der Waals surface area contributed by atoms with Crippen molar-refractivity contribution in [2.24, 2.45) is 7.05 Å². The molecular formula is C12H15ClN4. The molecule has 5 heteroatoms. The van der Waals surface area contributed by atoms with Gasteiger partial charge in [-0.2, -0.15) is 10.1 Å². The highest BCUT2D eigenvalue weighted by Gasteiger charge is 2.05. The third kappa shape index (κ3) is 2.97. The fraction of sp³-hybridized carbons (Fsp3) is 0.333. The minimum Gasteiger partial charge on any atom is -0.358 e. The molecule has 2 rings (SSSR count). The number of nitrogens with one attached hydrogen (secondary N) is 1. The lowest BCUT2D eigenvalue weighted by molar-refractivity contribution is 0.741. The number of hydrogen-bond donors (Lipinski definition) is 1. The van der Waals surface area contributed by atoms with Gasteiger partial charge < -0.3 is 5.32 Å². The summed E-state index contributed by atoms with van der Waals surface area (Å²) < 4.78 is 1.74. The Labute approximate surface area is 106 Å². The van der Waals surface area contributed by atoms with E-state index in [1.54, 1.807) is 4.68 Å². The third-order valence-electron chi connectivity index (χ3n) is 2.56. The molecule has 0 unspecified atom stereocenters. The lowest BCUT2D eigenvalue weighted by atomic mass is 10.1. The highest BCUT2D eigenvalue weighted by atomic mass is 35.5. The summed E-state index contributed by atoms with van der Waals surface area (Å²) in [4.78, 5) is 4.37. The van der Waals surface area contributed by atoms with Crippen molar-refractivity contribution in [3.8, 4) is 0 Å². The SMILES string of the molecule is CNc1nc(CCc2cccc(Cl)c2)nn1C. The van der Waals surface area contributed by atoms with Crippen molar-refractivity contribution >= 4 is 17.5 Å². The van der Waals surface area contributed by atoms with Gasteiger partial charge in [0, 0.05) is 25.5 Å². The normalized spacial score (nSPS) is 10.5. The van der Waals surface area contributed by atoms with E-state index < -0.39 is 0 Å². The Morgan fingerprint density at radius 3 is 2.82 bits per heavy atom. The lowest BCUT2D eigenvalue weighted by Gasteiger charge is -1.98. The van der Waals surface area contributed by atoms with E-state index in [1.807, 2.05) is 32.3 Å². The van der Waals surface area contributed by atoms with E-state index in [2.05, 4.69) is 21.5 Å². The van der Waals surface area contributed by atoms with Crippen molar-refractivity contribution in [1.29, 1.82) is 0 Å². The summed E-state index contributed by atoms with van der Waals surface area (Å²) in [6, 6.07) is 7.88. The Morgan fingerprint density at radius 2 is 2.18 bits per heavy atom. The van der Waals surface area contributed by atoms with Crippen LogP contribution >= 0.6 is 11.6 Å². The van der Waals surface area contributed by atoms with Gasteiger partial charge in [0.05, 0.1) is 0 Å². The molecule has 0 radical (unpaired) electrons. The predicted molar refractivity (Wildman–Crippen MR) is 69.4 cm³/mol. The fourth-order valence-corrected chi connectivity index (χ4v) is 1.92. The molecule has 2 aromatic rings. The first-order valence-corrected chi connectivity index (χ1v) is 5.89. The number of aryl methyl sites for hydroxylation is 3. The summed E-state index contributed by atoms with van der Waals surface area (Å²) in [6.07, 6.45) is 1.71. The van der Waals surface area contributed by atoms with Gasteiger partial charge in [0.15, 0.2) is 5.82 Å². The maximum atomic E-state index is 5.93. The quantitative estimate of drug-likeness (QED) is 0.906. The molecular weight excluding hydrogens is 236 g/mol. The van der Waals surface area contributed by atoms with Crippen molar-refractivity contribution in [3.63, 3.8) is 0 Å². The summed E-state index contributed by atoms with van der Waals surface area (Å²) in [6.45, 7) is 0. The van der Waals surface area contributed by atoms with Crippen LogP contribution < -0.4 is 5.32 Å². The first-order valence-electron chi connectivity index (χ1n) is 5.51. The van der Waals surface area contributed by atoms with Crippen molar-refractivity contribution in [2.75, 3.05) is 12.4 Å². The number of benzene rings is 1. The van der Waals surface area contributed by atoms with Gasteiger partial charge in [-0.15, -0.1) is 0 Å². The molecule has 0 aliphatic carbocycles. The molecule has 1 heterocycles. The van der Waals surface area contributed by atoms with E-state index in [1.165, 1.54) is 5.56 Å². The zero-order valence-corrected chi connectivity index (χ0v) is 10.7. The Morgan fingerprint density at radius 1 is 1.35 bits per heavy atom. The maximum absolute atomic E-state index is 5.93. The second-order valence-electron chi connectivity index (χ2n) is 3.86. The van der Waals surface area contributed by atoms with E-state index >= 15 is 0 Å². The molecule has 0 aliphatic rings. The van der Waals surface area contributed by atoms with Gasteiger partial charge in [0.25, 0.3) is 0 Å². The van der Waals surface area contributed by atoms with Crippen LogP contribution in [0.2, 0.25) is 5.02 Å². The number of aromatic nitrogens is 3. The Hall–Kier alpha value is -1.55. The summed E-state index contributed by atoms with van der Waals surface area (Å²) in [5.74, 6) is 1.63. The highest BCUT2D eigenvalue weighted by molar-refractivity contribution is 6.30. The second-order valence-corrected chi connectivity index (χ2v) is 4.29. The van der Waals surface area contributed by atoms with Gasteiger partial charge in [-0.25, -0.2) is 4.68 Å². The first kappa shape index (κ1) is 11.9. The minimum atomic E-state index is 0.771. The monoisotopic (exact) mass is 250 g/mol. The maximum Gasteiger partial charge on any atom is 0.220 e. The topological polar surface area (TPSA) is 42.7 Å². The average molecular weight is 251 g/mol. The highest BCUT2D eigenvalue weighted by Crippen LogP contribution is 2.12. The number of rotatable bonds is 4. The Bertz CT molecular complexity index is 507. The second kappa shape index (κ2) is 5.19. The molecule has 0 saturated carbocycles. The largest absolute Gasteiger partial charge is 0.358 e. The van der Waals surface area contributed by atoms with Gasteiger partial charge in [-0.1, -0.05) is 23.7 Å². The van der Waals surface area contributed by atoms with Crippen LogP contribution in [0.1, 0.15) is 11.4 Å². The van der Waals surface area contributed by atoms with Gasteiger partial charge in [0.2, 0.25) is 5.95 Å².